The molecule has 21 heavy (non-hydrogen) atoms. The number of hydrogen-bond acceptors (Lipinski definition) is 5. The molecule has 1 heterocycles. The van der Waals surface area contributed by atoms with Gasteiger partial charge in [0.05, 0.1) is 20.4 Å². The Morgan fingerprint density at radius 1 is 1.33 bits per heavy atom. The number of ether oxygens (including phenoxy) is 2. The summed E-state index contributed by atoms with van der Waals surface area (Å²) in [6.07, 6.45) is 1.68. The standard InChI is InChI=1S/C14H18N4O2S/c1-9(2)13-16-17-14(21)18(13)15-8-10-7-11(19-3)5-6-12(10)20-4/h5-9H,1-4H3,(H,17,21)/b15-8-. The molecule has 0 fully saturated rings. The molecule has 1 N–H and O–H groups in total. The fourth-order valence-corrected chi connectivity index (χ4v) is 2.04. The predicted octanol–water partition coefficient (Wildman–Crippen LogP) is 2.96. The molecular formula is C14H18N4O2S. The fraction of sp³-hybridized carbons (Fsp3) is 0.357. The molecule has 0 aliphatic carbocycles. The molecule has 0 saturated heterocycles. The predicted molar refractivity (Wildman–Crippen MR) is 84.0 cm³/mol. The average molecular weight is 306 g/mol. The Hall–Kier alpha value is -2.15. The van der Waals surface area contributed by atoms with E-state index in [0.717, 1.165) is 17.1 Å². The largest absolute Gasteiger partial charge is 0.497 e. The zero-order chi connectivity index (χ0) is 15.4. The molecule has 112 valence electrons. The maximum absolute atomic E-state index is 5.32. The first-order chi connectivity index (χ1) is 10.1. The molecule has 7 heteroatoms. The normalized spacial score (nSPS) is 11.3. The molecule has 0 amide bonds. The van der Waals surface area contributed by atoms with Crippen molar-refractivity contribution in [3.8, 4) is 11.5 Å². The summed E-state index contributed by atoms with van der Waals surface area (Å²) >= 11 is 5.19. The van der Waals surface area contributed by atoms with Crippen LogP contribution in [0.25, 0.3) is 0 Å². The molecule has 0 aliphatic rings. The Morgan fingerprint density at radius 2 is 2.10 bits per heavy atom. The maximum atomic E-state index is 5.32. The lowest BCUT2D eigenvalue weighted by atomic mass is 10.2. The van der Waals surface area contributed by atoms with E-state index in [9.17, 15) is 0 Å². The summed E-state index contributed by atoms with van der Waals surface area (Å²) < 4.78 is 12.6. The minimum Gasteiger partial charge on any atom is -0.497 e. The topological polar surface area (TPSA) is 64.4 Å². The minimum atomic E-state index is 0.210. The van der Waals surface area contributed by atoms with E-state index in [2.05, 4.69) is 15.3 Å². The second kappa shape index (κ2) is 6.53. The highest BCUT2D eigenvalue weighted by Gasteiger charge is 2.09. The number of nitrogens with one attached hydrogen (secondary N) is 1. The summed E-state index contributed by atoms with van der Waals surface area (Å²) in [4.78, 5) is 0. The third-order valence-corrected chi connectivity index (χ3v) is 3.21. The SMILES string of the molecule is COc1ccc(OC)c(/C=N\n2c(C(C)C)n[nH]c2=S)c1. The number of nitrogens with zero attached hydrogens (tertiary/aromatic N) is 3. The minimum absolute atomic E-state index is 0.210. The van der Waals surface area contributed by atoms with Gasteiger partial charge in [0.15, 0.2) is 5.82 Å². The molecule has 0 bridgehead atoms. The van der Waals surface area contributed by atoms with Crippen molar-refractivity contribution in [3.63, 3.8) is 0 Å². The quantitative estimate of drug-likeness (QED) is 0.681. The van der Waals surface area contributed by atoms with Crippen LogP contribution in [0.1, 0.15) is 31.2 Å². The molecular weight excluding hydrogens is 288 g/mol. The van der Waals surface area contributed by atoms with Crippen molar-refractivity contribution in [2.45, 2.75) is 19.8 Å². The fourth-order valence-electron chi connectivity index (χ4n) is 1.85. The van der Waals surface area contributed by atoms with Gasteiger partial charge in [-0.2, -0.15) is 14.9 Å². The van der Waals surface area contributed by atoms with E-state index in [1.165, 1.54) is 0 Å². The summed E-state index contributed by atoms with van der Waals surface area (Å²) in [5, 5.41) is 11.3. The third kappa shape index (κ3) is 3.30. The summed E-state index contributed by atoms with van der Waals surface area (Å²) in [6, 6.07) is 5.51. The molecule has 0 unspecified atom stereocenters. The molecule has 2 aromatic rings. The van der Waals surface area contributed by atoms with Gasteiger partial charge >= 0.3 is 0 Å². The van der Waals surface area contributed by atoms with Gasteiger partial charge in [0, 0.05) is 11.5 Å². The number of aromatic nitrogens is 3. The van der Waals surface area contributed by atoms with Crippen LogP contribution < -0.4 is 9.47 Å². The summed E-state index contributed by atoms with van der Waals surface area (Å²) in [5.41, 5.74) is 0.801. The average Bonchev–Trinajstić information content (AvgIpc) is 2.86. The van der Waals surface area contributed by atoms with Crippen LogP contribution in [0.3, 0.4) is 0 Å². The molecule has 2 rings (SSSR count). The van der Waals surface area contributed by atoms with E-state index >= 15 is 0 Å². The number of hydrogen-bond donors (Lipinski definition) is 1. The van der Waals surface area contributed by atoms with Crippen LogP contribution in [0.5, 0.6) is 11.5 Å². The molecule has 0 saturated carbocycles. The van der Waals surface area contributed by atoms with E-state index in [4.69, 9.17) is 21.7 Å². The van der Waals surface area contributed by atoms with Crippen molar-refractivity contribution in [3.05, 3.63) is 34.4 Å². The summed E-state index contributed by atoms with van der Waals surface area (Å²) in [7, 11) is 3.23. The second-order valence-corrected chi connectivity index (χ2v) is 5.09. The number of rotatable bonds is 5. The van der Waals surface area contributed by atoms with E-state index < -0.39 is 0 Å². The van der Waals surface area contributed by atoms with Crippen LogP contribution in [0.4, 0.5) is 0 Å². The molecule has 0 radical (unpaired) electrons. The molecule has 0 spiro atoms. The Balaban J connectivity index is 2.42. The van der Waals surface area contributed by atoms with Crippen LogP contribution in [0.15, 0.2) is 23.3 Å². The van der Waals surface area contributed by atoms with Gasteiger partial charge in [0.1, 0.15) is 11.5 Å². The van der Waals surface area contributed by atoms with E-state index in [1.807, 2.05) is 32.0 Å². The Bertz CT molecular complexity index is 703. The van der Waals surface area contributed by atoms with Crippen LogP contribution in [-0.4, -0.2) is 35.3 Å². The smallest absolute Gasteiger partial charge is 0.216 e. The monoisotopic (exact) mass is 306 g/mol. The van der Waals surface area contributed by atoms with Crippen molar-refractivity contribution in [1.29, 1.82) is 0 Å². The molecule has 6 nitrogen and oxygen atoms in total. The lowest BCUT2D eigenvalue weighted by Crippen LogP contribution is -2.01. The van der Waals surface area contributed by atoms with Gasteiger partial charge in [-0.15, -0.1) is 0 Å². The Morgan fingerprint density at radius 3 is 2.71 bits per heavy atom. The zero-order valence-corrected chi connectivity index (χ0v) is 13.3. The van der Waals surface area contributed by atoms with Crippen molar-refractivity contribution in [2.24, 2.45) is 5.10 Å². The van der Waals surface area contributed by atoms with Crippen molar-refractivity contribution < 1.29 is 9.47 Å². The van der Waals surface area contributed by atoms with Gasteiger partial charge < -0.3 is 9.47 Å². The third-order valence-electron chi connectivity index (χ3n) is 2.94. The number of benzene rings is 1. The number of H-pyrrole nitrogens is 1. The summed E-state index contributed by atoms with van der Waals surface area (Å²) in [6.45, 7) is 4.06. The van der Waals surface area contributed by atoms with Gasteiger partial charge in [0.2, 0.25) is 4.77 Å². The molecule has 0 aliphatic heterocycles. The summed E-state index contributed by atoms with van der Waals surface area (Å²) in [5.74, 6) is 2.43. The van der Waals surface area contributed by atoms with Crippen molar-refractivity contribution in [2.75, 3.05) is 14.2 Å². The molecule has 1 aromatic carbocycles. The highest BCUT2D eigenvalue weighted by molar-refractivity contribution is 7.71. The van der Waals surface area contributed by atoms with Crippen LogP contribution in [0.2, 0.25) is 0 Å². The van der Waals surface area contributed by atoms with Crippen molar-refractivity contribution in [1.82, 2.24) is 14.9 Å². The van der Waals surface area contributed by atoms with Crippen LogP contribution in [0, 0.1) is 4.77 Å². The lowest BCUT2D eigenvalue weighted by molar-refractivity contribution is 0.402. The maximum Gasteiger partial charge on any atom is 0.216 e. The van der Waals surface area contributed by atoms with E-state index in [1.54, 1.807) is 25.1 Å². The van der Waals surface area contributed by atoms with Crippen LogP contribution >= 0.6 is 12.2 Å². The first-order valence-corrected chi connectivity index (χ1v) is 6.91. The highest BCUT2D eigenvalue weighted by atomic mass is 32.1. The lowest BCUT2D eigenvalue weighted by Gasteiger charge is -2.07. The van der Waals surface area contributed by atoms with Crippen LogP contribution in [-0.2, 0) is 0 Å². The van der Waals surface area contributed by atoms with E-state index in [0.29, 0.717) is 10.5 Å². The van der Waals surface area contributed by atoms with Gasteiger partial charge in [0.25, 0.3) is 0 Å². The number of methoxy groups -OCH3 is 2. The van der Waals surface area contributed by atoms with E-state index in [-0.39, 0.29) is 5.92 Å². The Labute approximate surface area is 128 Å². The van der Waals surface area contributed by atoms with Crippen molar-refractivity contribution >= 4 is 18.4 Å². The van der Waals surface area contributed by atoms with Gasteiger partial charge in [-0.25, -0.2) is 0 Å². The van der Waals surface area contributed by atoms with Gasteiger partial charge in [-0.3, -0.25) is 5.10 Å². The Kier molecular flexibility index (Phi) is 4.74. The zero-order valence-electron chi connectivity index (χ0n) is 12.5. The number of aromatic amines is 1. The first-order valence-electron chi connectivity index (χ1n) is 6.50. The highest BCUT2D eigenvalue weighted by Crippen LogP contribution is 2.22. The first kappa shape index (κ1) is 15.2. The molecule has 0 atom stereocenters. The molecule has 1 aromatic heterocycles. The second-order valence-electron chi connectivity index (χ2n) is 4.71. The van der Waals surface area contributed by atoms with Gasteiger partial charge in [-0.05, 0) is 30.4 Å². The van der Waals surface area contributed by atoms with Gasteiger partial charge in [-0.1, -0.05) is 13.8 Å².